The summed E-state index contributed by atoms with van der Waals surface area (Å²) in [7, 11) is 3.66. The molecule has 1 aromatic heterocycles. The van der Waals surface area contributed by atoms with E-state index in [0.29, 0.717) is 19.7 Å². The van der Waals surface area contributed by atoms with E-state index in [9.17, 15) is 0 Å². The van der Waals surface area contributed by atoms with Crippen molar-refractivity contribution in [2.45, 2.75) is 40.2 Å². The second-order valence-electron chi connectivity index (χ2n) is 6.35. The third-order valence-electron chi connectivity index (χ3n) is 4.49. The molecule has 7 nitrogen and oxygen atoms in total. The maximum absolute atomic E-state index is 5.76. The summed E-state index contributed by atoms with van der Waals surface area (Å²) in [5, 5.41) is 11.2. The molecule has 0 aliphatic heterocycles. The van der Waals surface area contributed by atoms with Gasteiger partial charge in [-0.05, 0) is 44.0 Å². The van der Waals surface area contributed by atoms with Crippen LogP contribution in [0.1, 0.15) is 37.7 Å². The molecule has 0 bridgehead atoms. The summed E-state index contributed by atoms with van der Waals surface area (Å²) >= 11 is 0. The first-order valence-electron chi connectivity index (χ1n) is 9.95. The van der Waals surface area contributed by atoms with Gasteiger partial charge in [0, 0.05) is 24.8 Å². The molecular weight excluding hydrogens is 354 g/mol. The number of aliphatic imine (C=N–C) groups is 1. The number of methoxy groups -OCH3 is 1. The Bertz CT molecular complexity index is 753. The van der Waals surface area contributed by atoms with Gasteiger partial charge in [0.1, 0.15) is 18.1 Å². The Labute approximate surface area is 168 Å². The van der Waals surface area contributed by atoms with Crippen molar-refractivity contribution in [3.8, 4) is 11.5 Å². The third kappa shape index (κ3) is 5.90. The Morgan fingerprint density at radius 1 is 1.07 bits per heavy atom. The number of hydrogen-bond acceptors (Lipinski definition) is 4. The molecule has 0 amide bonds. The van der Waals surface area contributed by atoms with Crippen LogP contribution in [0.2, 0.25) is 0 Å². The highest BCUT2D eigenvalue weighted by molar-refractivity contribution is 5.79. The molecule has 0 spiro atoms. The van der Waals surface area contributed by atoms with Crippen molar-refractivity contribution >= 4 is 5.96 Å². The highest BCUT2D eigenvalue weighted by atomic mass is 16.5. The average molecular weight is 388 g/mol. The van der Waals surface area contributed by atoms with Gasteiger partial charge in [0.25, 0.3) is 0 Å². The molecule has 2 N–H and O–H groups in total. The summed E-state index contributed by atoms with van der Waals surface area (Å²) in [6.45, 7) is 8.98. The van der Waals surface area contributed by atoms with Gasteiger partial charge in [0.05, 0.1) is 25.9 Å². The van der Waals surface area contributed by atoms with E-state index in [1.54, 1.807) is 7.11 Å². The van der Waals surface area contributed by atoms with Gasteiger partial charge in [-0.25, -0.2) is 4.99 Å². The van der Waals surface area contributed by atoms with E-state index in [-0.39, 0.29) is 0 Å². The SMILES string of the molecule is CCNC(=NCc1c(CC)nn(C)c1CC)NCCOc1ccc(OC)cc1. The predicted molar refractivity (Wildman–Crippen MR) is 113 cm³/mol. The molecule has 0 atom stereocenters. The largest absolute Gasteiger partial charge is 0.497 e. The lowest BCUT2D eigenvalue weighted by Gasteiger charge is -2.12. The summed E-state index contributed by atoms with van der Waals surface area (Å²) in [6.07, 6.45) is 1.87. The number of ether oxygens (including phenoxy) is 2. The van der Waals surface area contributed by atoms with Gasteiger partial charge < -0.3 is 20.1 Å². The lowest BCUT2D eigenvalue weighted by atomic mass is 10.1. The predicted octanol–water partition coefficient (Wildman–Crippen LogP) is 2.69. The molecule has 0 fully saturated rings. The normalized spacial score (nSPS) is 11.4. The summed E-state index contributed by atoms with van der Waals surface area (Å²) in [6, 6.07) is 7.58. The summed E-state index contributed by atoms with van der Waals surface area (Å²) in [5.41, 5.74) is 3.61. The van der Waals surface area contributed by atoms with Crippen molar-refractivity contribution in [2.24, 2.45) is 12.0 Å². The van der Waals surface area contributed by atoms with E-state index >= 15 is 0 Å². The molecule has 0 aliphatic rings. The van der Waals surface area contributed by atoms with E-state index < -0.39 is 0 Å². The van der Waals surface area contributed by atoms with Crippen LogP contribution in [0.5, 0.6) is 11.5 Å². The monoisotopic (exact) mass is 387 g/mol. The first-order chi connectivity index (χ1) is 13.6. The molecule has 2 rings (SSSR count). The van der Waals surface area contributed by atoms with Crippen LogP contribution in [-0.4, -0.2) is 42.5 Å². The summed E-state index contributed by atoms with van der Waals surface area (Å²) in [4.78, 5) is 4.75. The molecule has 0 aliphatic carbocycles. The van der Waals surface area contributed by atoms with Crippen LogP contribution in [0.4, 0.5) is 0 Å². The second-order valence-corrected chi connectivity index (χ2v) is 6.35. The van der Waals surface area contributed by atoms with E-state index in [4.69, 9.17) is 14.5 Å². The first-order valence-corrected chi connectivity index (χ1v) is 9.95. The molecule has 0 unspecified atom stereocenters. The summed E-state index contributed by atoms with van der Waals surface area (Å²) in [5.74, 6) is 2.43. The smallest absolute Gasteiger partial charge is 0.191 e. The molecule has 2 aromatic rings. The van der Waals surface area contributed by atoms with E-state index in [2.05, 4.69) is 36.5 Å². The van der Waals surface area contributed by atoms with Gasteiger partial charge in [-0.2, -0.15) is 5.10 Å². The first kappa shape index (κ1) is 21.6. The van der Waals surface area contributed by atoms with Crippen LogP contribution in [-0.2, 0) is 26.4 Å². The van der Waals surface area contributed by atoms with Gasteiger partial charge in [0.15, 0.2) is 5.96 Å². The number of benzene rings is 1. The van der Waals surface area contributed by atoms with Crippen LogP contribution in [0.25, 0.3) is 0 Å². The highest BCUT2D eigenvalue weighted by Gasteiger charge is 2.13. The Morgan fingerprint density at radius 3 is 2.39 bits per heavy atom. The number of nitrogens with one attached hydrogen (secondary N) is 2. The molecule has 7 heteroatoms. The molecular formula is C21H33N5O2. The van der Waals surface area contributed by atoms with Gasteiger partial charge in [-0.15, -0.1) is 0 Å². The van der Waals surface area contributed by atoms with Gasteiger partial charge in [0.2, 0.25) is 0 Å². The van der Waals surface area contributed by atoms with Crippen molar-refractivity contribution in [1.29, 1.82) is 0 Å². The number of hydrogen-bond donors (Lipinski definition) is 2. The molecule has 1 heterocycles. The van der Waals surface area contributed by atoms with E-state index in [0.717, 1.165) is 42.5 Å². The molecule has 0 saturated heterocycles. The average Bonchev–Trinajstić information content (AvgIpc) is 3.04. The minimum Gasteiger partial charge on any atom is -0.497 e. The van der Waals surface area contributed by atoms with Crippen LogP contribution < -0.4 is 20.1 Å². The Morgan fingerprint density at radius 2 is 1.79 bits per heavy atom. The van der Waals surface area contributed by atoms with Crippen molar-refractivity contribution in [1.82, 2.24) is 20.4 Å². The minimum absolute atomic E-state index is 0.546. The van der Waals surface area contributed by atoms with Gasteiger partial charge in [-0.1, -0.05) is 13.8 Å². The zero-order chi connectivity index (χ0) is 20.4. The van der Waals surface area contributed by atoms with Crippen molar-refractivity contribution in [3.63, 3.8) is 0 Å². The van der Waals surface area contributed by atoms with Crippen molar-refractivity contribution < 1.29 is 9.47 Å². The van der Waals surface area contributed by atoms with E-state index in [1.807, 2.05) is 36.0 Å². The number of rotatable bonds is 10. The zero-order valence-corrected chi connectivity index (χ0v) is 17.7. The van der Waals surface area contributed by atoms with Crippen LogP contribution in [0.15, 0.2) is 29.3 Å². The lowest BCUT2D eigenvalue weighted by molar-refractivity contribution is 0.321. The Kier molecular flexibility index (Phi) is 8.65. The Balaban J connectivity index is 1.91. The van der Waals surface area contributed by atoms with Gasteiger partial charge in [-0.3, -0.25) is 4.68 Å². The molecule has 1 aromatic carbocycles. The van der Waals surface area contributed by atoms with Crippen molar-refractivity contribution in [3.05, 3.63) is 41.2 Å². The maximum atomic E-state index is 5.76. The highest BCUT2D eigenvalue weighted by Crippen LogP contribution is 2.17. The fourth-order valence-corrected chi connectivity index (χ4v) is 3.08. The molecule has 154 valence electrons. The minimum atomic E-state index is 0.546. The number of aromatic nitrogens is 2. The third-order valence-corrected chi connectivity index (χ3v) is 4.49. The van der Waals surface area contributed by atoms with Crippen LogP contribution >= 0.6 is 0 Å². The Hall–Kier alpha value is -2.70. The van der Waals surface area contributed by atoms with Crippen molar-refractivity contribution in [2.75, 3.05) is 26.8 Å². The topological polar surface area (TPSA) is 72.7 Å². The van der Waals surface area contributed by atoms with E-state index in [1.165, 1.54) is 11.3 Å². The second kappa shape index (κ2) is 11.2. The molecule has 28 heavy (non-hydrogen) atoms. The lowest BCUT2D eigenvalue weighted by Crippen LogP contribution is -2.39. The van der Waals surface area contributed by atoms with Crippen LogP contribution in [0, 0.1) is 0 Å². The molecule has 0 radical (unpaired) electrons. The maximum Gasteiger partial charge on any atom is 0.191 e. The number of guanidine groups is 1. The molecule has 0 saturated carbocycles. The zero-order valence-electron chi connectivity index (χ0n) is 17.7. The van der Waals surface area contributed by atoms with Crippen LogP contribution in [0.3, 0.4) is 0 Å². The standard InChI is InChI=1S/C21H33N5O2/c1-6-19-18(20(7-2)26(4)25-19)15-24-21(22-8-3)23-13-14-28-17-11-9-16(27-5)10-12-17/h9-12H,6-8,13-15H2,1-5H3,(H2,22,23,24). The fraction of sp³-hybridized carbons (Fsp3) is 0.524. The number of nitrogens with zero attached hydrogens (tertiary/aromatic N) is 3. The quantitative estimate of drug-likeness (QED) is 0.373. The summed E-state index contributed by atoms with van der Waals surface area (Å²) < 4.78 is 12.9. The van der Waals surface area contributed by atoms with Gasteiger partial charge >= 0.3 is 0 Å². The number of aryl methyl sites for hydroxylation is 2. The fourth-order valence-electron chi connectivity index (χ4n) is 3.08.